The maximum Gasteiger partial charge on any atom is 0.145 e. The summed E-state index contributed by atoms with van der Waals surface area (Å²) < 4.78 is 0. The topological polar surface area (TPSA) is 177 Å². The Kier molecular flexibility index (Phi) is 49.1. The predicted octanol–water partition coefficient (Wildman–Crippen LogP) is 23.0. The van der Waals surface area contributed by atoms with Crippen molar-refractivity contribution in [3.63, 3.8) is 0 Å². The number of nitrogens with one attached hydrogen (secondary N) is 12. The molecule has 5 rings (SSSR count). The second kappa shape index (κ2) is 48.5. The van der Waals surface area contributed by atoms with Crippen molar-refractivity contribution in [3.05, 3.63) is 36.7 Å². The molecule has 16 nitrogen and oxygen atoms in total. The molecule has 12 N–H and O–H groups in total. The summed E-state index contributed by atoms with van der Waals surface area (Å²) >= 11 is 0. The van der Waals surface area contributed by atoms with Crippen LogP contribution in [0.4, 0.5) is 23.0 Å². The highest BCUT2D eigenvalue weighted by Gasteiger charge is 2.31. The zero-order valence-corrected chi connectivity index (χ0v) is 85.0. The average Bonchev–Trinajstić information content (AvgIpc) is 0.864. The summed E-state index contributed by atoms with van der Waals surface area (Å²) in [5.74, 6) is 2.47. The summed E-state index contributed by atoms with van der Waals surface area (Å²) in [4.78, 5) is 13.8. The maximum atomic E-state index is 4.31. The van der Waals surface area contributed by atoms with Crippen LogP contribution in [-0.4, -0.2) is 174 Å². The molecule has 2 aromatic rings. The van der Waals surface area contributed by atoms with Gasteiger partial charge in [-0.1, -0.05) is 41.5 Å². The monoisotopic (exact) mass is 1590 g/mol. The minimum atomic E-state index is 0.00759. The first-order chi connectivity index (χ1) is 50.0. The largest absolute Gasteiger partial charge is 0.380 e. The smallest absolute Gasteiger partial charge is 0.145 e. The zero-order valence-electron chi connectivity index (χ0n) is 85.0. The Morgan fingerprint density at radius 1 is 0.274 bits per heavy atom. The van der Waals surface area contributed by atoms with Gasteiger partial charge < -0.3 is 63.8 Å². The standard InChI is InChI=1S/2C14H30N2.C14H24N2.C13H28N2.C12H22N4.C11H26N2.C10H24N2.C9H20/c1-13(2,3)15-11-12-7-9-16(10-8-12)14(4,5)6;2*1-13(2,3)15-11-7-9-12(10-8-11)16-14(4,5)6;1-12(2,3)14-11-7-9-15(10-8-11)13(4,5)6;1-11(2,3)15-9-7-14-10(8-13-9)16-12(4,5)6;1-10(2,3)12-8-7-9-13-11(4,5)6;1-9(2,3)11-7-8-12-10(4,5)6;1-8(2,3)7-9(4,5)6/h12,15H,7-11H2,1-6H3;11-12,15-16H,7-10H2,1-6H3;7-10,15-16H,1-6H3;11,14H,7-10H2,1-6H3;7-8H,1-6H3,(H,13,15)(H,14,16);12-13H,7-9H2,1-6H3;11-12H,7-8H2,1-6H3;7H2,1-6H3. The molecule has 0 amide bonds. The van der Waals surface area contributed by atoms with Gasteiger partial charge in [0.1, 0.15) is 11.6 Å². The Morgan fingerprint density at radius 2 is 0.513 bits per heavy atom. The molecular formula is C97H204N16. The molecule has 2 saturated heterocycles. The van der Waals surface area contributed by atoms with Crippen molar-refractivity contribution in [1.82, 2.24) is 62.3 Å². The van der Waals surface area contributed by atoms with Crippen LogP contribution >= 0.6 is 0 Å². The van der Waals surface area contributed by atoms with E-state index in [4.69, 9.17) is 0 Å². The summed E-state index contributed by atoms with van der Waals surface area (Å²) in [5.41, 5.74) is 6.23. The third kappa shape index (κ3) is 80.0. The number of benzene rings is 1. The summed E-state index contributed by atoms with van der Waals surface area (Å²) in [7, 11) is 0. The van der Waals surface area contributed by atoms with Gasteiger partial charge in [-0.05, 0) is 429 Å². The van der Waals surface area contributed by atoms with Crippen LogP contribution in [-0.2, 0) is 0 Å². The summed E-state index contributed by atoms with van der Waals surface area (Å²) in [6.45, 7) is 117. The lowest BCUT2D eigenvalue weighted by Crippen LogP contribution is -2.53. The number of anilines is 4. The molecule has 0 bridgehead atoms. The Hall–Kier alpha value is -2.90. The number of rotatable bonds is 16. The molecule has 672 valence electrons. The first-order valence-corrected chi connectivity index (χ1v) is 44.6. The first kappa shape index (κ1) is 114. The molecule has 0 unspecified atom stereocenters. The SMILES string of the molecule is CC(C)(C)CC(C)(C)C.CC(C)(C)NC1CCC(NC(C)(C)C)CC1.CC(C)(C)NC1CCN(C(C)(C)C)CC1.CC(C)(C)NCC1CCN(C(C)(C)C)CC1.CC(C)(C)NCCCNC(C)(C)C.CC(C)(C)NCCNC(C)(C)C.CC(C)(C)Nc1ccc(NC(C)(C)C)cc1.CC(C)(C)Nc1cnc(NC(C)(C)C)cn1. The van der Waals surface area contributed by atoms with Crippen LogP contribution in [0.1, 0.15) is 397 Å². The Labute approximate surface area is 707 Å². The van der Waals surface area contributed by atoms with Crippen LogP contribution < -0.4 is 63.8 Å². The maximum absolute atomic E-state index is 4.31. The molecule has 0 atom stereocenters. The average molecular weight is 1590 g/mol. The van der Waals surface area contributed by atoms with Gasteiger partial charge in [0.25, 0.3) is 0 Å². The van der Waals surface area contributed by atoms with Crippen molar-refractivity contribution in [2.45, 2.75) is 492 Å². The zero-order chi connectivity index (χ0) is 89.4. The van der Waals surface area contributed by atoms with E-state index in [0.29, 0.717) is 27.9 Å². The number of hydrogen-bond acceptors (Lipinski definition) is 16. The molecule has 1 aromatic heterocycles. The quantitative estimate of drug-likeness (QED) is 0.0715. The first-order valence-electron chi connectivity index (χ1n) is 44.6. The van der Waals surface area contributed by atoms with Crippen molar-refractivity contribution in [1.29, 1.82) is 0 Å². The molecule has 1 aromatic carbocycles. The van der Waals surface area contributed by atoms with Gasteiger partial charge in [-0.2, -0.15) is 0 Å². The van der Waals surface area contributed by atoms with Crippen LogP contribution in [0.25, 0.3) is 0 Å². The minimum absolute atomic E-state index is 0.00759. The van der Waals surface area contributed by atoms with Crippen LogP contribution in [0, 0.1) is 16.7 Å². The molecule has 113 heavy (non-hydrogen) atoms. The lowest BCUT2D eigenvalue weighted by atomic mass is 9.78. The van der Waals surface area contributed by atoms with E-state index in [0.717, 1.165) is 67.2 Å². The van der Waals surface area contributed by atoms with Crippen molar-refractivity contribution in [2.24, 2.45) is 16.7 Å². The number of likely N-dealkylation sites (tertiary alicyclic amines) is 2. The van der Waals surface area contributed by atoms with Crippen molar-refractivity contribution < 1.29 is 0 Å². The van der Waals surface area contributed by atoms with E-state index in [-0.39, 0.29) is 66.5 Å². The molecule has 3 fully saturated rings. The normalized spacial score (nSPS) is 17.5. The fourth-order valence-corrected chi connectivity index (χ4v) is 13.4. The molecule has 1 aliphatic carbocycles. The summed E-state index contributed by atoms with van der Waals surface area (Å²) in [6, 6.07) is 10.6. The lowest BCUT2D eigenvalue weighted by molar-refractivity contribution is 0.0856. The molecule has 16 heteroatoms. The molecule has 0 radical (unpaired) electrons. The van der Waals surface area contributed by atoms with E-state index in [1.807, 2.05) is 0 Å². The third-order valence-corrected chi connectivity index (χ3v) is 17.3. The Morgan fingerprint density at radius 3 is 0.717 bits per heavy atom. The summed E-state index contributed by atoms with van der Waals surface area (Å²) in [5, 5.41) is 42.0. The van der Waals surface area contributed by atoms with E-state index < -0.39 is 0 Å². The van der Waals surface area contributed by atoms with E-state index in [1.165, 1.54) is 96.9 Å². The number of piperidine rings is 2. The van der Waals surface area contributed by atoms with Gasteiger partial charge in [-0.15, -0.1) is 0 Å². The second-order valence-corrected chi connectivity index (χ2v) is 50.1. The van der Waals surface area contributed by atoms with Crippen molar-refractivity contribution in [2.75, 3.05) is 80.2 Å². The second-order valence-electron chi connectivity index (χ2n) is 50.1. The highest BCUT2D eigenvalue weighted by atomic mass is 15.2. The lowest BCUT2D eigenvalue weighted by Gasteiger charge is -2.42. The molecule has 1 saturated carbocycles. The van der Waals surface area contributed by atoms with Crippen LogP contribution in [0.2, 0.25) is 0 Å². The van der Waals surface area contributed by atoms with Crippen molar-refractivity contribution >= 4 is 23.0 Å². The van der Waals surface area contributed by atoms with Gasteiger partial charge >= 0.3 is 0 Å². The van der Waals surface area contributed by atoms with Crippen LogP contribution in [0.3, 0.4) is 0 Å². The molecule has 3 aliphatic rings. The molecular weight excluding hydrogens is 1390 g/mol. The molecule has 2 aliphatic heterocycles. The van der Waals surface area contributed by atoms with Gasteiger partial charge in [0, 0.05) is 133 Å². The van der Waals surface area contributed by atoms with Gasteiger partial charge in [0.05, 0.1) is 12.4 Å². The number of hydrogen-bond donors (Lipinski definition) is 12. The van der Waals surface area contributed by atoms with Crippen LogP contribution in [0.5, 0.6) is 0 Å². The van der Waals surface area contributed by atoms with E-state index >= 15 is 0 Å². The van der Waals surface area contributed by atoms with Crippen LogP contribution in [0.15, 0.2) is 36.7 Å². The predicted molar refractivity (Wildman–Crippen MR) is 512 cm³/mol. The fraction of sp³-hybridized carbons (Fsp3) is 0.897. The summed E-state index contributed by atoms with van der Waals surface area (Å²) in [6.07, 6.45) is 16.5. The molecule has 0 spiro atoms. The highest BCUT2D eigenvalue weighted by Crippen LogP contribution is 2.32. The Balaban J connectivity index is -0.00000123. The van der Waals surface area contributed by atoms with E-state index in [9.17, 15) is 0 Å². The Bertz CT molecular complexity index is 2460. The fourth-order valence-electron chi connectivity index (χ4n) is 13.4. The van der Waals surface area contributed by atoms with E-state index in [2.05, 4.69) is 440 Å². The van der Waals surface area contributed by atoms with Gasteiger partial charge in [-0.3, -0.25) is 9.80 Å². The number of aromatic nitrogens is 2. The third-order valence-electron chi connectivity index (χ3n) is 17.3. The van der Waals surface area contributed by atoms with Gasteiger partial charge in [0.15, 0.2) is 0 Å². The van der Waals surface area contributed by atoms with Gasteiger partial charge in [-0.25, -0.2) is 9.97 Å². The number of nitrogens with zero attached hydrogens (tertiary/aromatic N) is 4. The highest BCUT2D eigenvalue weighted by molar-refractivity contribution is 5.55. The minimum Gasteiger partial charge on any atom is -0.380 e. The van der Waals surface area contributed by atoms with Gasteiger partial charge in [0.2, 0.25) is 0 Å². The van der Waals surface area contributed by atoms with Crippen molar-refractivity contribution in [3.8, 4) is 0 Å². The molecule has 3 heterocycles. The van der Waals surface area contributed by atoms with E-state index in [1.54, 1.807) is 12.4 Å².